The van der Waals surface area contributed by atoms with Crippen LogP contribution in [-0.4, -0.2) is 24.0 Å². The molecule has 0 aliphatic carbocycles. The first-order valence-electron chi connectivity index (χ1n) is 9.34. The Balaban J connectivity index is 1.64. The molecule has 2 aromatic carbocycles. The van der Waals surface area contributed by atoms with Crippen LogP contribution in [0.5, 0.6) is 0 Å². The van der Waals surface area contributed by atoms with Gasteiger partial charge in [-0.1, -0.05) is 0 Å². The fourth-order valence-corrected chi connectivity index (χ4v) is 2.89. The van der Waals surface area contributed by atoms with Crippen molar-refractivity contribution >= 4 is 28.7 Å². The first-order chi connectivity index (χ1) is 14.0. The molecule has 0 saturated carbocycles. The molecule has 0 aliphatic heterocycles. The van der Waals surface area contributed by atoms with Crippen LogP contribution in [0.3, 0.4) is 0 Å². The van der Waals surface area contributed by atoms with Crippen molar-refractivity contribution in [1.82, 2.24) is 4.98 Å². The molecule has 0 spiro atoms. The Morgan fingerprint density at radius 2 is 1.66 bits per heavy atom. The highest BCUT2D eigenvalue weighted by molar-refractivity contribution is 6.03. The molecule has 1 amide bonds. The largest absolute Gasteiger partial charge is 0.372 e. The van der Waals surface area contributed by atoms with E-state index in [2.05, 4.69) is 34.4 Å². The highest BCUT2D eigenvalue weighted by Crippen LogP contribution is 2.21. The maximum atomic E-state index is 13.7. The maximum Gasteiger partial charge on any atom is 0.274 e. The summed E-state index contributed by atoms with van der Waals surface area (Å²) < 4.78 is 26.7. The molecule has 0 aliphatic rings. The third-order valence-corrected chi connectivity index (χ3v) is 4.46. The van der Waals surface area contributed by atoms with E-state index in [1.165, 1.54) is 18.3 Å². The number of amides is 1. The number of nitrogens with one attached hydrogen (secondary N) is 2. The van der Waals surface area contributed by atoms with Gasteiger partial charge in [0.1, 0.15) is 17.3 Å². The number of carbonyl (C=O) groups excluding carboxylic acids is 1. The topological polar surface area (TPSA) is 57.3 Å². The van der Waals surface area contributed by atoms with Crippen LogP contribution < -0.4 is 15.5 Å². The van der Waals surface area contributed by atoms with Gasteiger partial charge in [-0.25, -0.2) is 13.8 Å². The summed E-state index contributed by atoms with van der Waals surface area (Å²) >= 11 is 0. The van der Waals surface area contributed by atoms with Gasteiger partial charge in [-0.05, 0) is 62.4 Å². The van der Waals surface area contributed by atoms with E-state index in [1.807, 2.05) is 24.3 Å². The Labute approximate surface area is 168 Å². The van der Waals surface area contributed by atoms with Gasteiger partial charge in [0.05, 0.1) is 17.6 Å². The summed E-state index contributed by atoms with van der Waals surface area (Å²) in [6.45, 7) is 6.00. The van der Waals surface area contributed by atoms with E-state index in [4.69, 9.17) is 0 Å². The number of hydrogen-bond acceptors (Lipinski definition) is 4. The number of aromatic nitrogens is 1. The van der Waals surface area contributed by atoms with Crippen LogP contribution in [0.25, 0.3) is 0 Å². The minimum Gasteiger partial charge on any atom is -0.372 e. The Morgan fingerprint density at radius 1 is 0.966 bits per heavy atom. The summed E-state index contributed by atoms with van der Waals surface area (Å²) in [6.07, 6.45) is 1.42. The van der Waals surface area contributed by atoms with E-state index in [0.29, 0.717) is 11.4 Å². The van der Waals surface area contributed by atoms with Crippen molar-refractivity contribution in [3.8, 4) is 0 Å². The number of halogens is 2. The minimum absolute atomic E-state index is 0.124. The Morgan fingerprint density at radius 3 is 2.24 bits per heavy atom. The lowest BCUT2D eigenvalue weighted by molar-refractivity contribution is 0.102. The van der Waals surface area contributed by atoms with Crippen LogP contribution in [0.4, 0.5) is 31.5 Å². The lowest BCUT2D eigenvalue weighted by Crippen LogP contribution is -2.21. The number of rotatable bonds is 7. The summed E-state index contributed by atoms with van der Waals surface area (Å²) in [5, 5.41) is 5.61. The summed E-state index contributed by atoms with van der Waals surface area (Å²) in [5.74, 6) is -1.71. The number of pyridine rings is 1. The van der Waals surface area contributed by atoms with Crippen molar-refractivity contribution in [1.29, 1.82) is 0 Å². The van der Waals surface area contributed by atoms with E-state index >= 15 is 0 Å². The van der Waals surface area contributed by atoms with E-state index < -0.39 is 11.6 Å². The molecule has 2 N–H and O–H groups in total. The zero-order chi connectivity index (χ0) is 20.8. The highest BCUT2D eigenvalue weighted by Gasteiger charge is 2.10. The summed E-state index contributed by atoms with van der Waals surface area (Å²) in [7, 11) is 0. The Kier molecular flexibility index (Phi) is 6.39. The molecule has 0 bridgehead atoms. The number of anilines is 4. The minimum atomic E-state index is -0.708. The zero-order valence-corrected chi connectivity index (χ0v) is 16.2. The predicted octanol–water partition coefficient (Wildman–Crippen LogP) is 5.20. The number of benzene rings is 2. The first kappa shape index (κ1) is 20.3. The van der Waals surface area contributed by atoms with Gasteiger partial charge < -0.3 is 15.5 Å². The quantitative estimate of drug-likeness (QED) is 0.576. The van der Waals surface area contributed by atoms with Gasteiger partial charge in [-0.15, -0.1) is 0 Å². The van der Waals surface area contributed by atoms with Gasteiger partial charge in [0.2, 0.25) is 0 Å². The number of carbonyl (C=O) groups is 1. The van der Waals surface area contributed by atoms with Crippen LogP contribution in [0.15, 0.2) is 60.8 Å². The molecule has 3 aromatic rings. The molecule has 7 heteroatoms. The smallest absolute Gasteiger partial charge is 0.274 e. The van der Waals surface area contributed by atoms with Crippen LogP contribution in [-0.2, 0) is 0 Å². The molecule has 0 saturated heterocycles. The van der Waals surface area contributed by atoms with Crippen molar-refractivity contribution in [2.24, 2.45) is 0 Å². The SMILES string of the molecule is CCN(CC)c1ccc(NC(=O)c2ccc(Nc3ccc(F)cc3F)cn2)cc1. The average molecular weight is 396 g/mol. The van der Waals surface area contributed by atoms with Gasteiger partial charge >= 0.3 is 0 Å². The van der Waals surface area contributed by atoms with E-state index in [0.717, 1.165) is 30.9 Å². The molecular weight excluding hydrogens is 374 g/mol. The van der Waals surface area contributed by atoms with E-state index in [-0.39, 0.29) is 17.3 Å². The zero-order valence-electron chi connectivity index (χ0n) is 16.2. The van der Waals surface area contributed by atoms with Crippen LogP contribution >= 0.6 is 0 Å². The number of nitrogens with zero attached hydrogens (tertiary/aromatic N) is 2. The molecule has 5 nitrogen and oxygen atoms in total. The molecule has 0 atom stereocenters. The van der Waals surface area contributed by atoms with Crippen molar-refractivity contribution in [3.05, 3.63) is 78.1 Å². The fraction of sp³-hybridized carbons (Fsp3) is 0.182. The lowest BCUT2D eigenvalue weighted by Gasteiger charge is -2.21. The van der Waals surface area contributed by atoms with Crippen molar-refractivity contribution in [2.75, 3.05) is 28.6 Å². The van der Waals surface area contributed by atoms with Crippen molar-refractivity contribution in [3.63, 3.8) is 0 Å². The molecule has 0 fully saturated rings. The summed E-state index contributed by atoms with van der Waals surface area (Å²) in [5.41, 5.74) is 2.59. The van der Waals surface area contributed by atoms with E-state index in [1.54, 1.807) is 6.07 Å². The molecule has 150 valence electrons. The fourth-order valence-electron chi connectivity index (χ4n) is 2.89. The summed E-state index contributed by atoms with van der Waals surface area (Å²) in [4.78, 5) is 18.7. The van der Waals surface area contributed by atoms with Crippen LogP contribution in [0.1, 0.15) is 24.3 Å². The van der Waals surface area contributed by atoms with Gasteiger partial charge in [-0.2, -0.15) is 0 Å². The molecule has 0 unspecified atom stereocenters. The predicted molar refractivity (Wildman–Crippen MR) is 112 cm³/mol. The first-order valence-corrected chi connectivity index (χ1v) is 9.34. The second-order valence-electron chi connectivity index (χ2n) is 6.35. The molecule has 0 radical (unpaired) electrons. The second kappa shape index (κ2) is 9.14. The van der Waals surface area contributed by atoms with Crippen molar-refractivity contribution < 1.29 is 13.6 Å². The molecule has 3 rings (SSSR count). The third-order valence-electron chi connectivity index (χ3n) is 4.46. The lowest BCUT2D eigenvalue weighted by atomic mass is 10.2. The average Bonchev–Trinajstić information content (AvgIpc) is 2.73. The van der Waals surface area contributed by atoms with Crippen LogP contribution in [0, 0.1) is 11.6 Å². The van der Waals surface area contributed by atoms with E-state index in [9.17, 15) is 13.6 Å². The molecular formula is C22H22F2N4O. The molecule has 29 heavy (non-hydrogen) atoms. The monoisotopic (exact) mass is 396 g/mol. The van der Waals surface area contributed by atoms with Crippen LogP contribution in [0.2, 0.25) is 0 Å². The Bertz CT molecular complexity index is 971. The third kappa shape index (κ3) is 5.07. The molecule has 1 heterocycles. The maximum absolute atomic E-state index is 13.7. The number of hydrogen-bond donors (Lipinski definition) is 2. The van der Waals surface area contributed by atoms with Gasteiger partial charge in [0.25, 0.3) is 5.91 Å². The standard InChI is InChI=1S/C22H22F2N4O/c1-3-28(4-2)18-9-6-16(7-10-18)27-22(29)21-12-8-17(14-25-21)26-20-11-5-15(23)13-19(20)24/h5-14,26H,3-4H2,1-2H3,(H,27,29). The Hall–Kier alpha value is -3.48. The second-order valence-corrected chi connectivity index (χ2v) is 6.35. The highest BCUT2D eigenvalue weighted by atomic mass is 19.1. The van der Waals surface area contributed by atoms with Gasteiger partial charge in [0, 0.05) is 30.5 Å². The van der Waals surface area contributed by atoms with Gasteiger partial charge in [-0.3, -0.25) is 4.79 Å². The molecule has 1 aromatic heterocycles. The van der Waals surface area contributed by atoms with Crippen molar-refractivity contribution in [2.45, 2.75) is 13.8 Å². The van der Waals surface area contributed by atoms with Gasteiger partial charge in [0.15, 0.2) is 0 Å². The summed E-state index contributed by atoms with van der Waals surface area (Å²) in [6, 6.07) is 14.0. The normalized spacial score (nSPS) is 10.5.